The van der Waals surface area contributed by atoms with Gasteiger partial charge in [0.2, 0.25) is 12.7 Å². The Morgan fingerprint density at radius 3 is 2.96 bits per heavy atom. The minimum absolute atomic E-state index is 0.142. The number of carbonyl (C=O) groups is 1. The van der Waals surface area contributed by atoms with Crippen LogP contribution in [-0.2, 0) is 11.2 Å². The number of hydrogen-bond donors (Lipinski definition) is 0. The maximum absolute atomic E-state index is 12.6. The molecule has 1 aliphatic carbocycles. The Balaban J connectivity index is 1.22. The van der Waals surface area contributed by atoms with Crippen molar-refractivity contribution in [3.63, 3.8) is 0 Å². The topological polar surface area (TPSA) is 69.5 Å². The highest BCUT2D eigenvalue weighted by Gasteiger charge is 2.31. The number of hydrogen-bond acceptors (Lipinski definition) is 5. The molecule has 1 atom stereocenters. The maximum Gasteiger partial charge on any atom is 0.231 e. The van der Waals surface area contributed by atoms with E-state index in [9.17, 15) is 4.79 Å². The second-order valence-electron chi connectivity index (χ2n) is 7.04. The van der Waals surface area contributed by atoms with Gasteiger partial charge in [-0.2, -0.15) is 0 Å². The van der Waals surface area contributed by atoms with E-state index in [4.69, 9.17) is 9.47 Å². The van der Waals surface area contributed by atoms with Crippen molar-refractivity contribution in [1.82, 2.24) is 19.9 Å². The molecule has 3 heterocycles. The van der Waals surface area contributed by atoms with Crippen LogP contribution in [0.2, 0.25) is 0 Å². The van der Waals surface area contributed by atoms with Crippen molar-refractivity contribution in [2.75, 3.05) is 19.9 Å². The van der Waals surface area contributed by atoms with E-state index in [0.29, 0.717) is 18.9 Å². The van der Waals surface area contributed by atoms with E-state index in [-0.39, 0.29) is 18.7 Å². The molecule has 2 aliphatic heterocycles. The van der Waals surface area contributed by atoms with E-state index in [0.717, 1.165) is 35.7 Å². The highest BCUT2D eigenvalue weighted by molar-refractivity contribution is 5.79. The molecule has 3 aliphatic rings. The molecule has 0 N–H and O–H groups in total. The van der Waals surface area contributed by atoms with E-state index in [1.165, 1.54) is 12.8 Å². The van der Waals surface area contributed by atoms with Crippen LogP contribution in [0.5, 0.6) is 11.5 Å². The average Bonchev–Trinajstić information content (AvgIpc) is 3.07. The lowest BCUT2D eigenvalue weighted by Gasteiger charge is -2.16. The molecule has 1 saturated heterocycles. The fourth-order valence-corrected chi connectivity index (χ4v) is 3.56. The monoisotopic (exact) mass is 340 g/mol. The number of benzene rings is 1. The molecule has 7 heteroatoms. The molecule has 1 aromatic heterocycles. The number of carbonyl (C=O) groups excluding carboxylic acids is 1. The Bertz CT molecular complexity index is 814. The molecule has 0 spiro atoms. The second kappa shape index (κ2) is 5.75. The number of ether oxygens (including phenoxy) is 2. The molecule has 2 aromatic rings. The van der Waals surface area contributed by atoms with Crippen LogP contribution in [0.4, 0.5) is 0 Å². The fourth-order valence-electron chi connectivity index (χ4n) is 3.56. The third-order valence-corrected chi connectivity index (χ3v) is 5.21. The SMILES string of the molecule is O=C(Cc1ccc2c(c1)OCO2)N1CC[C@@H](n2cc(C3CC3)nn2)C1. The predicted molar refractivity (Wildman–Crippen MR) is 88.5 cm³/mol. The summed E-state index contributed by atoms with van der Waals surface area (Å²) in [6.07, 6.45) is 5.83. The zero-order valence-electron chi connectivity index (χ0n) is 13.9. The first-order valence-corrected chi connectivity index (χ1v) is 8.84. The van der Waals surface area contributed by atoms with Gasteiger partial charge in [-0.3, -0.25) is 4.79 Å². The molecule has 2 fully saturated rings. The van der Waals surface area contributed by atoms with Crippen LogP contribution in [0.3, 0.4) is 0 Å². The quantitative estimate of drug-likeness (QED) is 0.850. The first-order chi connectivity index (χ1) is 12.3. The molecule has 130 valence electrons. The Kier molecular flexibility index (Phi) is 3.39. The largest absolute Gasteiger partial charge is 0.454 e. The summed E-state index contributed by atoms with van der Waals surface area (Å²) in [7, 11) is 0. The third-order valence-electron chi connectivity index (χ3n) is 5.21. The number of amides is 1. The van der Waals surface area contributed by atoms with Crippen LogP contribution in [0.15, 0.2) is 24.4 Å². The summed E-state index contributed by atoms with van der Waals surface area (Å²) in [6.45, 7) is 1.73. The van der Waals surface area contributed by atoms with Crippen LogP contribution in [0.1, 0.15) is 42.5 Å². The van der Waals surface area contributed by atoms with Crippen molar-refractivity contribution >= 4 is 5.91 Å². The van der Waals surface area contributed by atoms with E-state index in [1.54, 1.807) is 0 Å². The summed E-state index contributed by atoms with van der Waals surface area (Å²) in [5.74, 6) is 2.22. The van der Waals surface area contributed by atoms with Gasteiger partial charge in [0.15, 0.2) is 11.5 Å². The van der Waals surface area contributed by atoms with Crippen molar-refractivity contribution in [3.8, 4) is 11.5 Å². The number of fused-ring (bicyclic) bond motifs is 1. The Labute approximate surface area is 145 Å². The van der Waals surface area contributed by atoms with Crippen molar-refractivity contribution in [2.24, 2.45) is 0 Å². The molecular formula is C18H20N4O3. The Hall–Kier alpha value is -2.57. The van der Waals surface area contributed by atoms with Gasteiger partial charge >= 0.3 is 0 Å². The van der Waals surface area contributed by atoms with Gasteiger partial charge in [0, 0.05) is 25.2 Å². The zero-order valence-corrected chi connectivity index (χ0v) is 13.9. The van der Waals surface area contributed by atoms with Crippen LogP contribution in [-0.4, -0.2) is 45.7 Å². The van der Waals surface area contributed by atoms with Gasteiger partial charge in [-0.25, -0.2) is 4.68 Å². The minimum atomic E-state index is 0.142. The highest BCUT2D eigenvalue weighted by Crippen LogP contribution is 2.39. The summed E-state index contributed by atoms with van der Waals surface area (Å²) < 4.78 is 12.6. The molecule has 5 rings (SSSR count). The Morgan fingerprint density at radius 1 is 1.20 bits per heavy atom. The van der Waals surface area contributed by atoms with E-state index >= 15 is 0 Å². The average molecular weight is 340 g/mol. The van der Waals surface area contributed by atoms with Gasteiger partial charge in [-0.15, -0.1) is 5.10 Å². The minimum Gasteiger partial charge on any atom is -0.454 e. The van der Waals surface area contributed by atoms with Gasteiger partial charge in [0.05, 0.1) is 18.2 Å². The molecule has 0 unspecified atom stereocenters. The lowest BCUT2D eigenvalue weighted by Crippen LogP contribution is -2.30. The van der Waals surface area contributed by atoms with Gasteiger partial charge in [0.1, 0.15) is 0 Å². The van der Waals surface area contributed by atoms with E-state index < -0.39 is 0 Å². The van der Waals surface area contributed by atoms with Gasteiger partial charge in [0.25, 0.3) is 0 Å². The van der Waals surface area contributed by atoms with Crippen LogP contribution < -0.4 is 9.47 Å². The van der Waals surface area contributed by atoms with E-state index in [1.807, 2.05) is 27.8 Å². The number of nitrogens with zero attached hydrogens (tertiary/aromatic N) is 4. The lowest BCUT2D eigenvalue weighted by atomic mass is 10.1. The summed E-state index contributed by atoms with van der Waals surface area (Å²) in [4.78, 5) is 14.5. The smallest absolute Gasteiger partial charge is 0.231 e. The molecule has 1 amide bonds. The summed E-state index contributed by atoms with van der Waals surface area (Å²) in [5.41, 5.74) is 2.06. The first-order valence-electron chi connectivity index (χ1n) is 8.84. The summed E-state index contributed by atoms with van der Waals surface area (Å²) in [6, 6.07) is 5.93. The molecule has 1 saturated carbocycles. The third kappa shape index (κ3) is 2.83. The van der Waals surface area contributed by atoms with Crippen molar-refractivity contribution < 1.29 is 14.3 Å². The van der Waals surface area contributed by atoms with E-state index in [2.05, 4.69) is 16.5 Å². The highest BCUT2D eigenvalue weighted by atomic mass is 16.7. The van der Waals surface area contributed by atoms with Gasteiger partial charge < -0.3 is 14.4 Å². The van der Waals surface area contributed by atoms with Crippen LogP contribution in [0, 0.1) is 0 Å². The fraction of sp³-hybridized carbons (Fsp3) is 0.500. The second-order valence-corrected chi connectivity index (χ2v) is 7.04. The number of aromatic nitrogens is 3. The zero-order chi connectivity index (χ0) is 16.8. The summed E-state index contributed by atoms with van der Waals surface area (Å²) >= 11 is 0. The van der Waals surface area contributed by atoms with Gasteiger partial charge in [-0.1, -0.05) is 11.3 Å². The normalized spacial score (nSPS) is 21.8. The van der Waals surface area contributed by atoms with Crippen LogP contribution in [0.25, 0.3) is 0 Å². The molecule has 0 bridgehead atoms. The standard InChI is InChI=1S/C18H20N4O3/c23-18(8-12-1-4-16-17(7-12)25-11-24-16)21-6-5-14(9-21)22-10-15(19-20-22)13-2-3-13/h1,4,7,10,13-14H,2-3,5-6,8-9,11H2/t14-/m1/s1. The van der Waals surface area contributed by atoms with Crippen molar-refractivity contribution in [1.29, 1.82) is 0 Å². The summed E-state index contributed by atoms with van der Waals surface area (Å²) in [5, 5.41) is 8.55. The van der Waals surface area contributed by atoms with Crippen LogP contribution >= 0.6 is 0 Å². The van der Waals surface area contributed by atoms with Crippen molar-refractivity contribution in [3.05, 3.63) is 35.7 Å². The number of rotatable bonds is 4. The Morgan fingerprint density at radius 2 is 2.08 bits per heavy atom. The molecule has 1 aromatic carbocycles. The lowest BCUT2D eigenvalue weighted by molar-refractivity contribution is -0.129. The number of likely N-dealkylation sites (tertiary alicyclic amines) is 1. The molecule has 7 nitrogen and oxygen atoms in total. The van der Waals surface area contributed by atoms with Gasteiger partial charge in [-0.05, 0) is 37.0 Å². The maximum atomic E-state index is 12.6. The predicted octanol–water partition coefficient (Wildman–Crippen LogP) is 1.90. The molecule has 0 radical (unpaired) electrons. The molecule has 25 heavy (non-hydrogen) atoms. The van der Waals surface area contributed by atoms with Crippen molar-refractivity contribution in [2.45, 2.75) is 37.6 Å². The first kappa shape index (κ1) is 14.7. The molecular weight excluding hydrogens is 320 g/mol.